The van der Waals surface area contributed by atoms with E-state index in [4.69, 9.17) is 5.11 Å². The van der Waals surface area contributed by atoms with Gasteiger partial charge in [-0.05, 0) is 11.6 Å². The number of nitrogens with one attached hydrogen (secondary N) is 1. The number of nitrogens with zero attached hydrogens (tertiary/aromatic N) is 1. The number of halogens is 1. The Morgan fingerprint density at radius 3 is 2.76 bits per heavy atom. The first-order valence-electron chi connectivity index (χ1n) is 6.52. The number of hydrogen-bond acceptors (Lipinski definition) is 3. The van der Waals surface area contributed by atoms with Gasteiger partial charge in [-0.2, -0.15) is 11.8 Å². The van der Waals surface area contributed by atoms with Gasteiger partial charge in [0.25, 0.3) is 0 Å². The molecule has 0 aliphatic rings. The Bertz CT molecular complexity index is 485. The van der Waals surface area contributed by atoms with E-state index in [1.165, 1.54) is 22.7 Å². The second-order valence-corrected chi connectivity index (χ2v) is 5.55. The summed E-state index contributed by atoms with van der Waals surface area (Å²) in [5.74, 6) is 0.0575. The van der Waals surface area contributed by atoms with Crippen LogP contribution in [0.5, 0.6) is 0 Å². The second-order valence-electron chi connectivity index (χ2n) is 4.44. The van der Waals surface area contributed by atoms with Crippen molar-refractivity contribution in [3.8, 4) is 0 Å². The van der Waals surface area contributed by atoms with E-state index in [1.54, 1.807) is 25.2 Å². The zero-order chi connectivity index (χ0) is 15.7. The van der Waals surface area contributed by atoms with Crippen LogP contribution >= 0.6 is 11.8 Å². The van der Waals surface area contributed by atoms with Gasteiger partial charge in [-0.15, -0.1) is 0 Å². The van der Waals surface area contributed by atoms with E-state index in [1.807, 2.05) is 0 Å². The molecule has 0 atom stereocenters. The average molecular weight is 314 g/mol. The number of thioether (sulfide) groups is 1. The number of benzene rings is 1. The van der Waals surface area contributed by atoms with Crippen molar-refractivity contribution in [2.24, 2.45) is 0 Å². The highest BCUT2D eigenvalue weighted by molar-refractivity contribution is 7.98. The largest absolute Gasteiger partial charge is 0.481 e. The molecule has 116 valence electrons. The van der Waals surface area contributed by atoms with E-state index >= 15 is 0 Å². The molecule has 0 fully saturated rings. The van der Waals surface area contributed by atoms with Crippen LogP contribution in [0, 0.1) is 5.82 Å². The summed E-state index contributed by atoms with van der Waals surface area (Å²) in [6.45, 7) is 0.624. The molecule has 2 amide bonds. The Kier molecular flexibility index (Phi) is 7.60. The topological polar surface area (TPSA) is 69.6 Å². The first-order valence-corrected chi connectivity index (χ1v) is 7.68. The summed E-state index contributed by atoms with van der Waals surface area (Å²) >= 11 is 1.53. The summed E-state index contributed by atoms with van der Waals surface area (Å²) < 4.78 is 13.3. The van der Waals surface area contributed by atoms with E-state index in [-0.39, 0.29) is 24.8 Å². The normalized spacial score (nSPS) is 10.2. The summed E-state index contributed by atoms with van der Waals surface area (Å²) in [6, 6.07) is 6.30. The fourth-order valence-electron chi connectivity index (χ4n) is 1.53. The zero-order valence-electron chi connectivity index (χ0n) is 11.8. The molecule has 0 unspecified atom stereocenters. The van der Waals surface area contributed by atoms with Crippen molar-refractivity contribution in [2.45, 2.75) is 12.2 Å². The number of carboxylic acids is 1. The molecule has 2 N–H and O–H groups in total. The van der Waals surface area contributed by atoms with Gasteiger partial charge in [-0.25, -0.2) is 9.18 Å². The van der Waals surface area contributed by atoms with Crippen molar-refractivity contribution in [1.82, 2.24) is 10.2 Å². The fraction of sp³-hybridized carbons (Fsp3) is 0.429. The number of aliphatic carboxylic acids is 1. The zero-order valence-corrected chi connectivity index (χ0v) is 12.7. The molecule has 0 radical (unpaired) electrons. The molecule has 1 rings (SSSR count). The van der Waals surface area contributed by atoms with Gasteiger partial charge in [0.15, 0.2) is 0 Å². The maximum atomic E-state index is 13.3. The highest BCUT2D eigenvalue weighted by Gasteiger charge is 2.09. The van der Waals surface area contributed by atoms with Crippen molar-refractivity contribution in [3.05, 3.63) is 35.6 Å². The first kappa shape index (κ1) is 17.3. The van der Waals surface area contributed by atoms with Crippen LogP contribution in [0.1, 0.15) is 12.0 Å². The average Bonchev–Trinajstić information content (AvgIpc) is 2.45. The summed E-state index contributed by atoms with van der Waals surface area (Å²) in [6.07, 6.45) is -0.0774. The molecule has 0 saturated heterocycles. The minimum Gasteiger partial charge on any atom is -0.481 e. The molecule has 1 aromatic rings. The quantitative estimate of drug-likeness (QED) is 0.722. The van der Waals surface area contributed by atoms with Crippen LogP contribution in [0.4, 0.5) is 9.18 Å². The van der Waals surface area contributed by atoms with Gasteiger partial charge in [0.2, 0.25) is 0 Å². The number of amides is 2. The van der Waals surface area contributed by atoms with Gasteiger partial charge in [-0.3, -0.25) is 4.79 Å². The van der Waals surface area contributed by atoms with Crippen molar-refractivity contribution < 1.29 is 19.1 Å². The third-order valence-corrected chi connectivity index (χ3v) is 3.75. The molecular formula is C14H19FN2O3S. The number of carbonyl (C=O) groups is 2. The monoisotopic (exact) mass is 314 g/mol. The van der Waals surface area contributed by atoms with Crippen LogP contribution in [0.3, 0.4) is 0 Å². The molecule has 0 spiro atoms. The van der Waals surface area contributed by atoms with Gasteiger partial charge < -0.3 is 15.3 Å². The molecule has 0 aliphatic heterocycles. The predicted octanol–water partition coefficient (Wildman–Crippen LogP) is 2.17. The summed E-state index contributed by atoms with van der Waals surface area (Å²) in [7, 11) is 1.55. The lowest BCUT2D eigenvalue weighted by molar-refractivity contribution is -0.137. The predicted molar refractivity (Wildman–Crippen MR) is 80.8 cm³/mol. The molecule has 0 heterocycles. The van der Waals surface area contributed by atoms with Gasteiger partial charge >= 0.3 is 12.0 Å². The molecule has 0 aromatic heterocycles. The number of hydrogen-bond donors (Lipinski definition) is 2. The van der Waals surface area contributed by atoms with E-state index in [0.29, 0.717) is 23.6 Å². The second kappa shape index (κ2) is 9.23. The van der Waals surface area contributed by atoms with Crippen molar-refractivity contribution in [1.29, 1.82) is 0 Å². The third-order valence-electron chi connectivity index (χ3n) is 2.75. The maximum Gasteiger partial charge on any atom is 0.317 e. The van der Waals surface area contributed by atoms with E-state index < -0.39 is 5.97 Å². The van der Waals surface area contributed by atoms with Gasteiger partial charge in [0.05, 0.1) is 6.42 Å². The Hall–Kier alpha value is -1.76. The van der Waals surface area contributed by atoms with Gasteiger partial charge in [0, 0.05) is 31.6 Å². The smallest absolute Gasteiger partial charge is 0.317 e. The number of carboxylic acid groups (broad SMARTS) is 1. The Balaban J connectivity index is 2.15. The highest BCUT2D eigenvalue weighted by Crippen LogP contribution is 2.14. The van der Waals surface area contributed by atoms with Crippen LogP contribution < -0.4 is 5.32 Å². The Morgan fingerprint density at radius 2 is 2.10 bits per heavy atom. The Morgan fingerprint density at radius 1 is 1.38 bits per heavy atom. The third kappa shape index (κ3) is 6.99. The minimum atomic E-state index is -0.935. The van der Waals surface area contributed by atoms with Crippen LogP contribution in [0.15, 0.2) is 24.3 Å². The lowest BCUT2D eigenvalue weighted by Crippen LogP contribution is -2.39. The maximum absolute atomic E-state index is 13.3. The highest BCUT2D eigenvalue weighted by atomic mass is 32.2. The van der Waals surface area contributed by atoms with Crippen LogP contribution in [-0.4, -0.2) is 47.9 Å². The number of carbonyl (C=O) groups excluding carboxylic acids is 1. The van der Waals surface area contributed by atoms with Gasteiger partial charge in [0.1, 0.15) is 5.82 Å². The standard InChI is InChI=1S/C14H19FN2O3S/c1-17(8-6-13(18)19)14(20)16-7-9-21-10-11-4-2-3-5-12(11)15/h2-5H,6-10H2,1H3,(H,16,20)(H,18,19). The SMILES string of the molecule is CN(CCC(=O)O)C(=O)NCCSCc1ccccc1F. The minimum absolute atomic E-state index is 0.0774. The van der Waals surface area contributed by atoms with Crippen LogP contribution in [0.2, 0.25) is 0 Å². The van der Waals surface area contributed by atoms with Crippen molar-refractivity contribution in [2.75, 3.05) is 25.9 Å². The number of rotatable bonds is 8. The molecular weight excluding hydrogens is 295 g/mol. The molecule has 0 saturated carbocycles. The summed E-state index contributed by atoms with van der Waals surface area (Å²) in [5, 5.41) is 11.2. The molecule has 0 bridgehead atoms. The van der Waals surface area contributed by atoms with E-state index in [2.05, 4.69) is 5.32 Å². The molecule has 5 nitrogen and oxygen atoms in total. The van der Waals surface area contributed by atoms with Crippen molar-refractivity contribution in [3.63, 3.8) is 0 Å². The molecule has 21 heavy (non-hydrogen) atoms. The summed E-state index contributed by atoms with van der Waals surface area (Å²) in [4.78, 5) is 23.3. The van der Waals surface area contributed by atoms with Crippen LogP contribution in [-0.2, 0) is 10.5 Å². The van der Waals surface area contributed by atoms with E-state index in [9.17, 15) is 14.0 Å². The van der Waals surface area contributed by atoms with Gasteiger partial charge in [-0.1, -0.05) is 18.2 Å². The van der Waals surface area contributed by atoms with Crippen molar-refractivity contribution >= 4 is 23.8 Å². The fourth-order valence-corrected chi connectivity index (χ4v) is 2.37. The number of urea groups is 1. The molecule has 0 aliphatic carbocycles. The molecule has 7 heteroatoms. The first-order chi connectivity index (χ1) is 10.0. The molecule has 1 aromatic carbocycles. The summed E-state index contributed by atoms with van der Waals surface area (Å²) in [5.41, 5.74) is 0.646. The van der Waals surface area contributed by atoms with Crippen LogP contribution in [0.25, 0.3) is 0 Å². The lowest BCUT2D eigenvalue weighted by Gasteiger charge is -2.16. The lowest BCUT2D eigenvalue weighted by atomic mass is 10.2. The Labute approximate surface area is 127 Å². The van der Waals surface area contributed by atoms with E-state index in [0.717, 1.165) is 0 Å².